The third-order valence-corrected chi connectivity index (χ3v) is 3.55. The number of ether oxygens (including phenoxy) is 1. The summed E-state index contributed by atoms with van der Waals surface area (Å²) in [5.41, 5.74) is 3.57. The normalized spacial score (nSPS) is 11.1. The molecule has 0 aliphatic heterocycles. The monoisotopic (exact) mass is 287 g/mol. The largest absolute Gasteiger partial charge is 0.488 e. The predicted molar refractivity (Wildman–Crippen MR) is 85.7 cm³/mol. The summed E-state index contributed by atoms with van der Waals surface area (Å²) in [6.07, 6.45) is 1.73. The quantitative estimate of drug-likeness (QED) is 0.819. The molecular weight excluding hydrogens is 262 g/mol. The lowest BCUT2D eigenvalue weighted by molar-refractivity contribution is 0.297. The van der Waals surface area contributed by atoms with Crippen molar-refractivity contribution in [1.29, 1.82) is 0 Å². The van der Waals surface area contributed by atoms with Crippen LogP contribution in [0, 0.1) is 6.92 Å². The van der Waals surface area contributed by atoms with E-state index in [9.17, 15) is 0 Å². The molecule has 0 fully saturated rings. The maximum absolute atomic E-state index is 6.06. The molecule has 0 amide bonds. The number of aryl methyl sites for hydroxylation is 1. The molecule has 0 bridgehead atoms. The Hall–Kier alpha value is -1.74. The van der Waals surface area contributed by atoms with Crippen LogP contribution in [0.2, 0.25) is 0 Å². The minimum absolute atomic E-state index is 0.450. The molecule has 1 aromatic carbocycles. The average molecular weight is 287 g/mol. The third kappa shape index (κ3) is 4.11. The summed E-state index contributed by atoms with van der Waals surface area (Å²) >= 11 is 0. The van der Waals surface area contributed by atoms with Gasteiger partial charge in [0.15, 0.2) is 0 Å². The van der Waals surface area contributed by atoms with Gasteiger partial charge in [-0.05, 0) is 42.6 Å². The number of rotatable bonds is 7. The summed E-state index contributed by atoms with van der Waals surface area (Å²) in [5, 5.41) is 3.28. The molecule has 3 nitrogen and oxygen atoms in total. The summed E-state index contributed by atoms with van der Waals surface area (Å²) in [6, 6.07) is 8.39. The van der Waals surface area contributed by atoms with Crippen LogP contribution in [0.4, 0.5) is 0 Å². The second-order valence-electron chi connectivity index (χ2n) is 5.63. The van der Waals surface area contributed by atoms with Gasteiger partial charge in [-0.1, -0.05) is 32.9 Å². The van der Waals surface area contributed by atoms with Crippen molar-refractivity contribution >= 4 is 0 Å². The van der Waals surface area contributed by atoms with Crippen LogP contribution in [0.3, 0.4) is 0 Å². The van der Waals surface area contributed by atoms with Crippen molar-refractivity contribution in [2.75, 3.05) is 6.54 Å². The fourth-order valence-corrected chi connectivity index (χ4v) is 2.29. The molecule has 0 saturated heterocycles. The Bertz CT molecular complexity index is 572. The molecule has 2 aromatic rings. The lowest BCUT2D eigenvalue weighted by Crippen LogP contribution is -2.13. The first-order chi connectivity index (χ1) is 10.1. The Balaban J connectivity index is 2.09. The lowest BCUT2D eigenvalue weighted by Gasteiger charge is -2.15. The second kappa shape index (κ2) is 7.32. The average Bonchev–Trinajstić information content (AvgIpc) is 2.90. The molecule has 2 rings (SSSR count). The fraction of sp³-hybridized carbons (Fsp3) is 0.444. The van der Waals surface area contributed by atoms with Crippen molar-refractivity contribution in [1.82, 2.24) is 5.32 Å². The minimum Gasteiger partial charge on any atom is -0.488 e. The molecule has 0 spiro atoms. The smallest absolute Gasteiger partial charge is 0.124 e. The first-order valence-corrected chi connectivity index (χ1v) is 7.61. The summed E-state index contributed by atoms with van der Waals surface area (Å²) in [4.78, 5) is 0. The highest BCUT2D eigenvalue weighted by atomic mass is 16.5. The third-order valence-electron chi connectivity index (χ3n) is 3.55. The highest BCUT2D eigenvalue weighted by Gasteiger charge is 2.11. The number of furan rings is 1. The van der Waals surface area contributed by atoms with E-state index in [1.54, 1.807) is 6.26 Å². The van der Waals surface area contributed by atoms with Gasteiger partial charge >= 0.3 is 0 Å². The molecule has 0 aliphatic rings. The molecule has 0 aliphatic carbocycles. The van der Waals surface area contributed by atoms with Crippen molar-refractivity contribution in [3.63, 3.8) is 0 Å². The second-order valence-corrected chi connectivity index (χ2v) is 5.63. The number of hydrogen-bond acceptors (Lipinski definition) is 3. The number of nitrogens with one attached hydrogen (secondary N) is 1. The molecule has 0 atom stereocenters. The molecule has 1 N–H and O–H groups in total. The molecular formula is C18H25NO2. The first kappa shape index (κ1) is 15.6. The summed E-state index contributed by atoms with van der Waals surface area (Å²) in [6.45, 7) is 10.8. The van der Waals surface area contributed by atoms with E-state index in [1.807, 2.05) is 6.07 Å². The molecule has 1 heterocycles. The Labute approximate surface area is 127 Å². The van der Waals surface area contributed by atoms with Gasteiger partial charge < -0.3 is 14.5 Å². The van der Waals surface area contributed by atoms with E-state index in [-0.39, 0.29) is 0 Å². The van der Waals surface area contributed by atoms with E-state index < -0.39 is 0 Å². The number of hydrogen-bond donors (Lipinski definition) is 1. The van der Waals surface area contributed by atoms with Gasteiger partial charge in [0.2, 0.25) is 0 Å². The zero-order chi connectivity index (χ0) is 15.2. The van der Waals surface area contributed by atoms with Gasteiger partial charge in [-0.15, -0.1) is 0 Å². The van der Waals surface area contributed by atoms with E-state index >= 15 is 0 Å². The Morgan fingerprint density at radius 1 is 1.24 bits per heavy atom. The first-order valence-electron chi connectivity index (χ1n) is 7.61. The van der Waals surface area contributed by atoms with Crippen LogP contribution in [0.15, 0.2) is 34.9 Å². The Kier molecular flexibility index (Phi) is 5.45. The van der Waals surface area contributed by atoms with Crippen molar-refractivity contribution in [3.05, 3.63) is 53.0 Å². The van der Waals surface area contributed by atoms with E-state index in [4.69, 9.17) is 9.15 Å². The van der Waals surface area contributed by atoms with E-state index in [0.29, 0.717) is 12.5 Å². The van der Waals surface area contributed by atoms with Gasteiger partial charge in [0.25, 0.3) is 0 Å². The Morgan fingerprint density at radius 2 is 2.05 bits per heavy atom. The summed E-state index contributed by atoms with van der Waals surface area (Å²) < 4.78 is 11.6. The standard InChI is InChI=1S/C18H25NO2/c1-5-19-11-18-15(8-9-20-18)12-21-17-10-14(4)6-7-16(17)13(2)3/h6-10,13,19H,5,11-12H2,1-4H3. The zero-order valence-corrected chi connectivity index (χ0v) is 13.4. The molecule has 3 heteroatoms. The van der Waals surface area contributed by atoms with Gasteiger partial charge in [-0.25, -0.2) is 0 Å². The molecule has 0 radical (unpaired) electrons. The summed E-state index contributed by atoms with van der Waals surface area (Å²) in [5.74, 6) is 2.38. The van der Waals surface area contributed by atoms with Crippen molar-refractivity contribution < 1.29 is 9.15 Å². The van der Waals surface area contributed by atoms with Crippen LogP contribution >= 0.6 is 0 Å². The van der Waals surface area contributed by atoms with Crippen LogP contribution < -0.4 is 10.1 Å². The van der Waals surface area contributed by atoms with Crippen molar-refractivity contribution in [3.8, 4) is 5.75 Å². The van der Waals surface area contributed by atoms with E-state index in [1.165, 1.54) is 11.1 Å². The van der Waals surface area contributed by atoms with Crippen molar-refractivity contribution in [2.45, 2.75) is 46.8 Å². The molecule has 0 saturated carbocycles. The van der Waals surface area contributed by atoms with Crippen molar-refractivity contribution in [2.24, 2.45) is 0 Å². The van der Waals surface area contributed by atoms with E-state index in [0.717, 1.165) is 30.2 Å². The number of benzene rings is 1. The molecule has 21 heavy (non-hydrogen) atoms. The van der Waals surface area contributed by atoms with Crippen LogP contribution in [-0.2, 0) is 13.2 Å². The van der Waals surface area contributed by atoms with Crippen LogP contribution in [0.5, 0.6) is 5.75 Å². The van der Waals surface area contributed by atoms with Gasteiger partial charge in [0.05, 0.1) is 12.8 Å². The lowest BCUT2D eigenvalue weighted by atomic mass is 10.0. The predicted octanol–water partition coefficient (Wildman–Crippen LogP) is 4.40. The highest BCUT2D eigenvalue weighted by Crippen LogP contribution is 2.28. The van der Waals surface area contributed by atoms with Gasteiger partial charge in [0, 0.05) is 5.56 Å². The molecule has 1 aromatic heterocycles. The SMILES string of the molecule is CCNCc1occc1COc1cc(C)ccc1C(C)C. The molecule has 114 valence electrons. The Morgan fingerprint density at radius 3 is 2.76 bits per heavy atom. The fourth-order valence-electron chi connectivity index (χ4n) is 2.29. The minimum atomic E-state index is 0.450. The van der Waals surface area contributed by atoms with Crippen LogP contribution in [0.25, 0.3) is 0 Å². The van der Waals surface area contributed by atoms with Gasteiger partial charge in [-0.3, -0.25) is 0 Å². The van der Waals surface area contributed by atoms with Gasteiger partial charge in [0.1, 0.15) is 18.1 Å². The van der Waals surface area contributed by atoms with Crippen LogP contribution in [-0.4, -0.2) is 6.54 Å². The highest BCUT2D eigenvalue weighted by molar-refractivity contribution is 5.39. The maximum atomic E-state index is 6.06. The topological polar surface area (TPSA) is 34.4 Å². The zero-order valence-electron chi connectivity index (χ0n) is 13.4. The summed E-state index contributed by atoms with van der Waals surface area (Å²) in [7, 11) is 0. The molecule has 0 unspecified atom stereocenters. The van der Waals surface area contributed by atoms with Gasteiger partial charge in [-0.2, -0.15) is 0 Å². The van der Waals surface area contributed by atoms with E-state index in [2.05, 4.69) is 51.2 Å². The van der Waals surface area contributed by atoms with Crippen LogP contribution in [0.1, 0.15) is 49.1 Å². The maximum Gasteiger partial charge on any atom is 0.124 e.